The number of aliphatic hydroxyl groups excluding tert-OH is 1. The van der Waals surface area contributed by atoms with Crippen molar-refractivity contribution in [3.8, 4) is 0 Å². The molecule has 0 aromatic rings. The summed E-state index contributed by atoms with van der Waals surface area (Å²) < 4.78 is 39.6. The molecule has 0 radical (unpaired) electrons. The van der Waals surface area contributed by atoms with Crippen molar-refractivity contribution in [3.05, 3.63) is 36.5 Å². The van der Waals surface area contributed by atoms with Crippen LogP contribution < -0.4 is 0 Å². The average molecular weight is 1100 g/mol. The van der Waals surface area contributed by atoms with Gasteiger partial charge in [0, 0.05) is 19.3 Å². The predicted octanol–water partition coefficient (Wildman–Crippen LogP) is 19.2. The first-order valence-corrected chi connectivity index (χ1v) is 33.4. The molecule has 0 heterocycles. The van der Waals surface area contributed by atoms with Gasteiger partial charge in [-0.15, -0.1) is 0 Å². The zero-order valence-electron chi connectivity index (χ0n) is 49.5. The number of rotatable bonds is 60. The van der Waals surface area contributed by atoms with E-state index in [1.165, 1.54) is 161 Å². The van der Waals surface area contributed by atoms with Crippen molar-refractivity contribution in [2.75, 3.05) is 26.4 Å². The van der Waals surface area contributed by atoms with Gasteiger partial charge >= 0.3 is 25.7 Å². The third kappa shape index (κ3) is 56.4. The molecule has 0 fully saturated rings. The Kier molecular flexibility index (Phi) is 57.1. The first-order valence-electron chi connectivity index (χ1n) is 31.9. The maximum atomic E-state index is 12.9. The molecule has 11 nitrogen and oxygen atoms in total. The van der Waals surface area contributed by atoms with E-state index in [1.54, 1.807) is 0 Å². The summed E-state index contributed by atoms with van der Waals surface area (Å²) in [5.41, 5.74) is 0. The molecule has 446 valence electrons. The highest BCUT2D eigenvalue weighted by Crippen LogP contribution is 2.43. The number of esters is 3. The van der Waals surface area contributed by atoms with Crippen molar-refractivity contribution in [2.24, 2.45) is 0 Å². The summed E-state index contributed by atoms with van der Waals surface area (Å²) in [5.74, 6) is -1.46. The number of hydrogen-bond donors (Lipinski definition) is 2. The molecule has 0 aliphatic rings. The lowest BCUT2D eigenvalue weighted by Crippen LogP contribution is -2.30. The van der Waals surface area contributed by atoms with Crippen LogP contribution in [0.5, 0.6) is 0 Å². The lowest BCUT2D eigenvalue weighted by Gasteiger charge is -2.21. The summed E-state index contributed by atoms with van der Waals surface area (Å²) >= 11 is 0. The summed E-state index contributed by atoms with van der Waals surface area (Å²) in [6.07, 6.45) is 62.4. The Morgan fingerprint density at radius 1 is 0.368 bits per heavy atom. The van der Waals surface area contributed by atoms with Gasteiger partial charge in [-0.1, -0.05) is 256 Å². The summed E-state index contributed by atoms with van der Waals surface area (Å²) in [6, 6.07) is 0. The lowest BCUT2D eigenvalue weighted by molar-refractivity contribution is -0.161. The molecule has 0 bridgehead atoms. The highest BCUT2D eigenvalue weighted by Gasteiger charge is 2.28. The van der Waals surface area contributed by atoms with Crippen LogP contribution in [0.15, 0.2) is 36.5 Å². The van der Waals surface area contributed by atoms with E-state index in [0.29, 0.717) is 19.3 Å². The van der Waals surface area contributed by atoms with Crippen LogP contribution >= 0.6 is 7.82 Å². The Hall–Kier alpha value is -2.30. The third-order valence-corrected chi connectivity index (χ3v) is 15.0. The summed E-state index contributed by atoms with van der Waals surface area (Å²) in [6.45, 7) is 4.65. The molecule has 2 N–H and O–H groups in total. The van der Waals surface area contributed by atoms with Crippen molar-refractivity contribution >= 4 is 25.7 Å². The van der Waals surface area contributed by atoms with Crippen LogP contribution in [0.4, 0.5) is 0 Å². The fourth-order valence-corrected chi connectivity index (χ4v) is 9.93. The average Bonchev–Trinajstić information content (AvgIpc) is 3.41. The van der Waals surface area contributed by atoms with E-state index in [4.69, 9.17) is 23.3 Å². The van der Waals surface area contributed by atoms with E-state index in [9.17, 15) is 28.9 Å². The second-order valence-corrected chi connectivity index (χ2v) is 23.0. The zero-order valence-corrected chi connectivity index (χ0v) is 50.4. The lowest BCUT2D eigenvalue weighted by atomic mass is 10.0. The molecule has 12 heteroatoms. The van der Waals surface area contributed by atoms with Crippen LogP contribution in [0, 0.1) is 0 Å². The molecular formula is C64H119O11P. The SMILES string of the molecule is CCCCC/C=C\C/C=C\CCCCCCCCCC(=O)OC(COC(=O)CCCCCCCCCCCCCCCCCCCCC)COP(=O)(O)OCC(CO)OC(=O)CCCCCCC/C=C\CCCCCC. The van der Waals surface area contributed by atoms with Crippen LogP contribution in [0.25, 0.3) is 0 Å². The predicted molar refractivity (Wildman–Crippen MR) is 316 cm³/mol. The molecule has 0 aromatic carbocycles. The van der Waals surface area contributed by atoms with Gasteiger partial charge in [0.05, 0.1) is 19.8 Å². The topological polar surface area (TPSA) is 155 Å². The first-order chi connectivity index (χ1) is 37.2. The minimum Gasteiger partial charge on any atom is -0.462 e. The van der Waals surface area contributed by atoms with Crippen molar-refractivity contribution in [1.82, 2.24) is 0 Å². The standard InChI is InChI=1S/C64H119O11P/c1-4-7-10-13-16-19-22-25-27-29-30-32-33-36-38-41-44-47-50-53-62(66)71-57-61(75-64(68)55-52-49-46-43-40-37-34-31-28-26-23-20-17-14-11-8-5-2)59-73-76(69,70)72-58-60(56-65)74-63(67)54-51-48-45-42-39-35-24-21-18-15-12-9-6-3/h17,20-21,24,26,28,60-61,65H,4-16,18-19,22-23,25,27,29-59H2,1-3H3,(H,69,70)/b20-17-,24-21-,28-26-. The van der Waals surface area contributed by atoms with Gasteiger partial charge in [-0.2, -0.15) is 0 Å². The van der Waals surface area contributed by atoms with E-state index in [0.717, 1.165) is 96.3 Å². The molecule has 0 spiro atoms. The second kappa shape index (κ2) is 58.8. The zero-order chi connectivity index (χ0) is 55.5. The number of hydrogen-bond acceptors (Lipinski definition) is 10. The maximum absolute atomic E-state index is 12.9. The molecular weight excluding hydrogens is 976 g/mol. The van der Waals surface area contributed by atoms with Gasteiger partial charge < -0.3 is 24.2 Å². The van der Waals surface area contributed by atoms with Gasteiger partial charge in [0.25, 0.3) is 0 Å². The van der Waals surface area contributed by atoms with Gasteiger partial charge in [0.15, 0.2) is 6.10 Å². The van der Waals surface area contributed by atoms with E-state index in [2.05, 4.69) is 57.2 Å². The van der Waals surface area contributed by atoms with Crippen LogP contribution in [-0.4, -0.2) is 66.5 Å². The van der Waals surface area contributed by atoms with E-state index < -0.39 is 57.8 Å². The molecule has 0 saturated carbocycles. The number of carbonyl (C=O) groups is 3. The van der Waals surface area contributed by atoms with Gasteiger partial charge in [-0.25, -0.2) is 4.57 Å². The number of phosphoric ester groups is 1. The Morgan fingerprint density at radius 2 is 0.645 bits per heavy atom. The number of unbranched alkanes of at least 4 members (excludes halogenated alkanes) is 37. The van der Waals surface area contributed by atoms with E-state index in [1.807, 2.05) is 0 Å². The number of phosphoric acid groups is 1. The first kappa shape index (κ1) is 73.7. The molecule has 3 unspecified atom stereocenters. The normalized spacial score (nSPS) is 13.5. The van der Waals surface area contributed by atoms with Gasteiger partial charge in [0.2, 0.25) is 0 Å². The Morgan fingerprint density at radius 3 is 1.03 bits per heavy atom. The third-order valence-electron chi connectivity index (χ3n) is 14.0. The quantitative estimate of drug-likeness (QED) is 0.0197. The molecule has 0 aliphatic carbocycles. The molecule has 76 heavy (non-hydrogen) atoms. The Bertz CT molecular complexity index is 1420. The van der Waals surface area contributed by atoms with Gasteiger partial charge in [0.1, 0.15) is 12.7 Å². The Balaban J connectivity index is 4.68. The monoisotopic (exact) mass is 1090 g/mol. The number of ether oxygens (including phenoxy) is 3. The van der Waals surface area contributed by atoms with Crippen LogP contribution in [0.2, 0.25) is 0 Å². The fraction of sp³-hybridized carbons (Fsp3) is 0.859. The van der Waals surface area contributed by atoms with Crippen molar-refractivity contribution in [3.63, 3.8) is 0 Å². The Labute approximate surface area is 467 Å². The minimum atomic E-state index is -4.75. The molecule has 0 saturated heterocycles. The second-order valence-electron chi connectivity index (χ2n) is 21.6. The molecule has 0 aliphatic heterocycles. The summed E-state index contributed by atoms with van der Waals surface area (Å²) in [5, 5.41) is 9.83. The van der Waals surface area contributed by atoms with E-state index in [-0.39, 0.29) is 25.9 Å². The number of aliphatic hydroxyl groups is 1. The van der Waals surface area contributed by atoms with E-state index >= 15 is 0 Å². The van der Waals surface area contributed by atoms with Crippen molar-refractivity contribution in [1.29, 1.82) is 0 Å². The summed E-state index contributed by atoms with van der Waals surface area (Å²) in [7, 11) is -4.75. The summed E-state index contributed by atoms with van der Waals surface area (Å²) in [4.78, 5) is 48.7. The largest absolute Gasteiger partial charge is 0.472 e. The molecule has 0 rings (SSSR count). The molecule has 0 amide bonds. The highest BCUT2D eigenvalue weighted by atomic mass is 31.2. The van der Waals surface area contributed by atoms with Crippen LogP contribution in [0.3, 0.4) is 0 Å². The maximum Gasteiger partial charge on any atom is 0.472 e. The molecule has 0 aromatic heterocycles. The van der Waals surface area contributed by atoms with Crippen LogP contribution in [-0.2, 0) is 42.2 Å². The minimum absolute atomic E-state index is 0.162. The number of allylic oxidation sites excluding steroid dienone is 6. The van der Waals surface area contributed by atoms with Crippen molar-refractivity contribution < 1.29 is 52.2 Å². The fourth-order valence-electron chi connectivity index (χ4n) is 9.15. The van der Waals surface area contributed by atoms with Crippen molar-refractivity contribution in [2.45, 2.75) is 328 Å². The smallest absolute Gasteiger partial charge is 0.462 e. The van der Waals surface area contributed by atoms with Gasteiger partial charge in [-0.05, 0) is 77.0 Å². The number of carbonyl (C=O) groups excluding carboxylic acids is 3. The molecule has 3 atom stereocenters. The van der Waals surface area contributed by atoms with Gasteiger partial charge in [-0.3, -0.25) is 23.4 Å². The van der Waals surface area contributed by atoms with Crippen LogP contribution in [0.1, 0.15) is 316 Å². The highest BCUT2D eigenvalue weighted by molar-refractivity contribution is 7.47.